The van der Waals surface area contributed by atoms with E-state index in [1.54, 1.807) is 0 Å². The SMILES string of the molecule is CCCCCCCCCCCCCCC(C)C(=O)OCC(CCCCCCC)OC(=O)C(C)CCN(C)C. The van der Waals surface area contributed by atoms with Crippen molar-refractivity contribution in [1.29, 1.82) is 0 Å². The largest absolute Gasteiger partial charge is 0.462 e. The van der Waals surface area contributed by atoms with E-state index in [1.807, 2.05) is 27.9 Å². The number of ether oxygens (including phenoxy) is 2. The summed E-state index contributed by atoms with van der Waals surface area (Å²) in [6.45, 7) is 9.40. The summed E-state index contributed by atoms with van der Waals surface area (Å²) >= 11 is 0. The van der Waals surface area contributed by atoms with Gasteiger partial charge in [-0.25, -0.2) is 0 Å². The predicted molar refractivity (Wildman–Crippen MR) is 161 cm³/mol. The van der Waals surface area contributed by atoms with Crippen LogP contribution in [0.4, 0.5) is 0 Å². The highest BCUT2D eigenvalue weighted by Gasteiger charge is 2.22. The van der Waals surface area contributed by atoms with E-state index < -0.39 is 0 Å². The molecule has 0 spiro atoms. The Hall–Kier alpha value is -1.10. The van der Waals surface area contributed by atoms with Crippen molar-refractivity contribution >= 4 is 11.9 Å². The topological polar surface area (TPSA) is 55.8 Å². The normalized spacial score (nSPS) is 13.9. The molecule has 5 nitrogen and oxygen atoms in total. The maximum Gasteiger partial charge on any atom is 0.309 e. The maximum atomic E-state index is 12.6. The van der Waals surface area contributed by atoms with Gasteiger partial charge in [-0.2, -0.15) is 0 Å². The van der Waals surface area contributed by atoms with Gasteiger partial charge in [-0.1, -0.05) is 130 Å². The second kappa shape index (κ2) is 26.1. The van der Waals surface area contributed by atoms with Crippen LogP contribution in [0.25, 0.3) is 0 Å². The van der Waals surface area contributed by atoms with Crippen molar-refractivity contribution < 1.29 is 19.1 Å². The van der Waals surface area contributed by atoms with Crippen LogP contribution in [0.1, 0.15) is 156 Å². The van der Waals surface area contributed by atoms with Gasteiger partial charge in [0.25, 0.3) is 0 Å². The van der Waals surface area contributed by atoms with Crippen LogP contribution in [0.5, 0.6) is 0 Å². The molecule has 0 aromatic heterocycles. The molecule has 226 valence electrons. The Bertz CT molecular complexity index is 551. The lowest BCUT2D eigenvalue weighted by Crippen LogP contribution is -2.30. The van der Waals surface area contributed by atoms with Crippen molar-refractivity contribution in [3.63, 3.8) is 0 Å². The van der Waals surface area contributed by atoms with E-state index in [0.29, 0.717) is 0 Å². The Morgan fingerprint density at radius 1 is 0.579 bits per heavy atom. The molecule has 3 unspecified atom stereocenters. The molecule has 0 heterocycles. The number of carbonyl (C=O) groups is 2. The second-order valence-electron chi connectivity index (χ2n) is 12.0. The van der Waals surface area contributed by atoms with Crippen molar-refractivity contribution in [1.82, 2.24) is 4.90 Å². The lowest BCUT2D eigenvalue weighted by molar-refractivity contribution is -0.164. The van der Waals surface area contributed by atoms with Crippen molar-refractivity contribution in [3.8, 4) is 0 Å². The third-order valence-corrected chi connectivity index (χ3v) is 7.63. The summed E-state index contributed by atoms with van der Waals surface area (Å²) in [5.74, 6) is -0.579. The fraction of sp³-hybridized carbons (Fsp3) is 0.939. The zero-order valence-corrected chi connectivity index (χ0v) is 26.4. The Labute approximate surface area is 237 Å². The van der Waals surface area contributed by atoms with Gasteiger partial charge < -0.3 is 14.4 Å². The van der Waals surface area contributed by atoms with E-state index in [1.165, 1.54) is 89.9 Å². The number of hydrogen-bond donors (Lipinski definition) is 0. The summed E-state index contributed by atoms with van der Waals surface area (Å²) in [5, 5.41) is 0. The minimum absolute atomic E-state index is 0.0990. The number of nitrogens with zero attached hydrogens (tertiary/aromatic N) is 1. The highest BCUT2D eigenvalue weighted by Crippen LogP contribution is 2.17. The minimum atomic E-state index is -0.339. The fourth-order valence-corrected chi connectivity index (χ4v) is 4.73. The molecule has 0 amide bonds. The average Bonchev–Trinajstić information content (AvgIpc) is 2.90. The zero-order valence-electron chi connectivity index (χ0n) is 26.4. The Balaban J connectivity index is 4.21. The number of esters is 2. The van der Waals surface area contributed by atoms with Crippen LogP contribution < -0.4 is 0 Å². The van der Waals surface area contributed by atoms with E-state index in [-0.39, 0.29) is 36.5 Å². The van der Waals surface area contributed by atoms with Crippen LogP contribution in [-0.2, 0) is 19.1 Å². The molecule has 0 saturated carbocycles. The van der Waals surface area contributed by atoms with Crippen LogP contribution in [0.3, 0.4) is 0 Å². The van der Waals surface area contributed by atoms with Crippen molar-refractivity contribution in [2.45, 2.75) is 162 Å². The number of unbranched alkanes of at least 4 members (excludes halogenated alkanes) is 15. The molecule has 0 aliphatic rings. The molecule has 0 fully saturated rings. The average molecular weight is 540 g/mol. The predicted octanol–water partition coefficient (Wildman–Crippen LogP) is 9.12. The summed E-state index contributed by atoms with van der Waals surface area (Å²) in [6.07, 6.45) is 23.7. The first-order valence-electron chi connectivity index (χ1n) is 16.3. The van der Waals surface area contributed by atoms with Gasteiger partial charge in [-0.3, -0.25) is 9.59 Å². The number of hydrogen-bond acceptors (Lipinski definition) is 5. The molecule has 0 aromatic rings. The Kier molecular flexibility index (Phi) is 25.4. The molecule has 0 aliphatic heterocycles. The van der Waals surface area contributed by atoms with Crippen molar-refractivity contribution in [2.24, 2.45) is 11.8 Å². The van der Waals surface area contributed by atoms with E-state index in [9.17, 15) is 9.59 Å². The summed E-state index contributed by atoms with van der Waals surface area (Å²) in [5.41, 5.74) is 0. The number of carbonyl (C=O) groups excluding carboxylic acids is 2. The first-order chi connectivity index (χ1) is 18.3. The second-order valence-corrected chi connectivity index (χ2v) is 12.0. The van der Waals surface area contributed by atoms with E-state index in [2.05, 4.69) is 18.7 Å². The molecule has 0 N–H and O–H groups in total. The van der Waals surface area contributed by atoms with Gasteiger partial charge >= 0.3 is 11.9 Å². The smallest absolute Gasteiger partial charge is 0.309 e. The van der Waals surface area contributed by atoms with Gasteiger partial charge in [0.2, 0.25) is 0 Å². The monoisotopic (exact) mass is 539 g/mol. The van der Waals surface area contributed by atoms with Crippen molar-refractivity contribution in [2.75, 3.05) is 27.2 Å². The maximum absolute atomic E-state index is 12.6. The first-order valence-corrected chi connectivity index (χ1v) is 16.3. The van der Waals surface area contributed by atoms with E-state index in [4.69, 9.17) is 9.47 Å². The Morgan fingerprint density at radius 3 is 1.47 bits per heavy atom. The third-order valence-electron chi connectivity index (χ3n) is 7.63. The quantitative estimate of drug-likeness (QED) is 0.0769. The summed E-state index contributed by atoms with van der Waals surface area (Å²) in [4.78, 5) is 27.3. The van der Waals surface area contributed by atoms with Gasteiger partial charge in [0.05, 0.1) is 11.8 Å². The van der Waals surface area contributed by atoms with Gasteiger partial charge in [0.1, 0.15) is 12.7 Å². The molecular formula is C33H65NO4. The molecule has 5 heteroatoms. The molecule has 38 heavy (non-hydrogen) atoms. The van der Waals surface area contributed by atoms with E-state index >= 15 is 0 Å². The first kappa shape index (κ1) is 36.9. The van der Waals surface area contributed by atoms with Crippen LogP contribution in [-0.4, -0.2) is 50.2 Å². The molecule has 0 saturated heterocycles. The summed E-state index contributed by atoms with van der Waals surface area (Å²) in [6, 6.07) is 0. The number of rotatable bonds is 27. The Morgan fingerprint density at radius 2 is 1.00 bits per heavy atom. The van der Waals surface area contributed by atoms with Crippen LogP contribution >= 0.6 is 0 Å². The molecule has 0 rings (SSSR count). The molecule has 0 bridgehead atoms. The van der Waals surface area contributed by atoms with Gasteiger partial charge in [-0.15, -0.1) is 0 Å². The summed E-state index contributed by atoms with van der Waals surface area (Å²) in [7, 11) is 4.02. The lowest BCUT2D eigenvalue weighted by Gasteiger charge is -2.22. The van der Waals surface area contributed by atoms with Gasteiger partial charge in [0.15, 0.2) is 0 Å². The van der Waals surface area contributed by atoms with E-state index in [0.717, 1.165) is 45.1 Å². The standard InChI is InChI=1S/C33H65NO4/c1-7-9-11-13-14-15-16-17-18-19-21-22-24-29(3)32(35)37-28-31(25-23-20-12-10-8-2)38-33(36)30(4)26-27-34(5)6/h29-31H,7-28H2,1-6H3. The lowest BCUT2D eigenvalue weighted by atomic mass is 10.0. The van der Waals surface area contributed by atoms with Crippen molar-refractivity contribution in [3.05, 3.63) is 0 Å². The molecule has 0 radical (unpaired) electrons. The minimum Gasteiger partial charge on any atom is -0.462 e. The van der Waals surface area contributed by atoms with Crippen LogP contribution in [0, 0.1) is 11.8 Å². The third kappa shape index (κ3) is 22.8. The van der Waals surface area contributed by atoms with Gasteiger partial charge in [-0.05, 0) is 46.3 Å². The molecule has 3 atom stereocenters. The van der Waals surface area contributed by atoms with Gasteiger partial charge in [0, 0.05) is 0 Å². The highest BCUT2D eigenvalue weighted by atomic mass is 16.6. The molecule has 0 aliphatic carbocycles. The molecule has 0 aromatic carbocycles. The fourth-order valence-electron chi connectivity index (χ4n) is 4.73. The van der Waals surface area contributed by atoms with Crippen LogP contribution in [0.15, 0.2) is 0 Å². The van der Waals surface area contributed by atoms with Crippen LogP contribution in [0.2, 0.25) is 0 Å². The summed E-state index contributed by atoms with van der Waals surface area (Å²) < 4.78 is 11.5. The zero-order chi connectivity index (χ0) is 28.4. The highest BCUT2D eigenvalue weighted by molar-refractivity contribution is 5.73. The molecular weight excluding hydrogens is 474 g/mol.